The summed E-state index contributed by atoms with van der Waals surface area (Å²) in [4.78, 5) is 48.2. The fourth-order valence-corrected chi connectivity index (χ4v) is 6.41. The summed E-state index contributed by atoms with van der Waals surface area (Å²) in [6.07, 6.45) is -3.53. The zero-order valence-corrected chi connectivity index (χ0v) is 18.4. The van der Waals surface area contributed by atoms with Crippen molar-refractivity contribution < 1.29 is 56.8 Å². The lowest BCUT2D eigenvalue weighted by Crippen LogP contribution is -2.33. The van der Waals surface area contributed by atoms with Crippen LogP contribution in [-0.4, -0.2) is 74.2 Å². The van der Waals surface area contributed by atoms with Gasteiger partial charge in [0.2, 0.25) is 0 Å². The van der Waals surface area contributed by atoms with E-state index in [1.165, 1.54) is 10.9 Å². The quantitative estimate of drug-likeness (QED) is 0.194. The first-order chi connectivity index (χ1) is 14.2. The molecular weight excluding hydrogens is 507 g/mol. The molecule has 1 aliphatic rings. The molecule has 17 nitrogen and oxygen atoms in total. The van der Waals surface area contributed by atoms with Crippen molar-refractivity contribution in [2.45, 2.75) is 24.5 Å². The van der Waals surface area contributed by atoms with Crippen LogP contribution in [0.2, 0.25) is 0 Å². The number of nitrogen functional groups attached to an aromatic ring is 1. The molecule has 3 heterocycles. The van der Waals surface area contributed by atoms with Crippen molar-refractivity contribution in [3.05, 3.63) is 12.7 Å². The van der Waals surface area contributed by atoms with Crippen LogP contribution in [-0.2, 0) is 38.8 Å². The van der Waals surface area contributed by atoms with Crippen LogP contribution in [0.25, 0.3) is 11.2 Å². The maximum Gasteiger partial charge on any atom is 0.488 e. The SMILES string of the molecule is Nc1ncnc2c1ncn2[C@@H]1O[C@H](COP(=O)(O)OP(=O)(O)OP(O)(O)=S)C(O)[C@@H]1O. The molecule has 31 heavy (non-hydrogen) atoms. The minimum absolute atomic E-state index is 0.0574. The standard InChI is InChI=1S/C10H16N5O12P3S/c11-8-5-9(13-2-12-8)15(3-14-5)10-7(17)6(16)4(25-10)1-24-28(18,19)26-29(20,21)27-30(22,23)31/h2-4,6-7,10,16-17H,1H2,(H,18,19)(H,20,21)(H2,11,12,13)(H2,22,23,31)/t4-,6?,7+,10-/m1/s1. The van der Waals surface area contributed by atoms with Gasteiger partial charge in [-0.05, 0) is 11.8 Å². The maximum absolute atomic E-state index is 11.9. The fraction of sp³-hybridized carbons (Fsp3) is 0.500. The largest absolute Gasteiger partial charge is 0.488 e. The lowest BCUT2D eigenvalue weighted by Gasteiger charge is -2.19. The predicted octanol–water partition coefficient (Wildman–Crippen LogP) is -1.51. The molecule has 6 atom stereocenters. The lowest BCUT2D eigenvalue weighted by atomic mass is 10.1. The molecule has 8 N–H and O–H groups in total. The van der Waals surface area contributed by atoms with Crippen molar-refractivity contribution in [3.8, 4) is 0 Å². The van der Waals surface area contributed by atoms with Gasteiger partial charge < -0.3 is 40.3 Å². The number of nitrogens with two attached hydrogens (primary N) is 1. The molecular formula is C10H16N5O12P3S. The molecule has 21 heteroatoms. The van der Waals surface area contributed by atoms with E-state index in [-0.39, 0.29) is 17.0 Å². The second-order valence-corrected chi connectivity index (χ2v) is 11.9. The van der Waals surface area contributed by atoms with E-state index in [1.54, 1.807) is 0 Å². The van der Waals surface area contributed by atoms with Gasteiger partial charge in [0.15, 0.2) is 17.7 Å². The molecule has 3 rings (SSSR count). The summed E-state index contributed by atoms with van der Waals surface area (Å²) >= 11 is 3.97. The molecule has 1 saturated heterocycles. The molecule has 1 fully saturated rings. The summed E-state index contributed by atoms with van der Waals surface area (Å²) in [5.74, 6) is 0.0574. The topological polar surface area (TPSA) is 262 Å². The van der Waals surface area contributed by atoms with Crippen molar-refractivity contribution in [2.24, 2.45) is 0 Å². The third kappa shape index (κ3) is 5.90. The first-order valence-corrected chi connectivity index (χ1v) is 13.5. The summed E-state index contributed by atoms with van der Waals surface area (Å²) in [6.45, 7) is -5.61. The van der Waals surface area contributed by atoms with E-state index >= 15 is 0 Å². The van der Waals surface area contributed by atoms with Gasteiger partial charge in [0.1, 0.15) is 30.2 Å². The Morgan fingerprint density at radius 3 is 2.42 bits per heavy atom. The van der Waals surface area contributed by atoms with Gasteiger partial charge in [-0.25, -0.2) is 28.4 Å². The van der Waals surface area contributed by atoms with E-state index in [2.05, 4.69) is 39.9 Å². The van der Waals surface area contributed by atoms with Gasteiger partial charge >= 0.3 is 22.4 Å². The molecule has 0 bridgehead atoms. The molecule has 0 amide bonds. The third-order valence-electron chi connectivity index (χ3n) is 3.82. The maximum atomic E-state index is 11.9. The molecule has 174 valence electrons. The number of phosphoric acid groups is 2. The number of nitrogens with zero attached hydrogens (tertiary/aromatic N) is 4. The van der Waals surface area contributed by atoms with Crippen LogP contribution in [0.15, 0.2) is 12.7 Å². The number of aliphatic hydroxyl groups is 2. The summed E-state index contributed by atoms with van der Waals surface area (Å²) < 4.78 is 42.1. The molecule has 1 aliphatic heterocycles. The van der Waals surface area contributed by atoms with Crippen LogP contribution in [0.5, 0.6) is 0 Å². The highest BCUT2D eigenvalue weighted by Gasteiger charge is 2.46. The lowest BCUT2D eigenvalue weighted by molar-refractivity contribution is -0.0503. The van der Waals surface area contributed by atoms with Crippen LogP contribution < -0.4 is 5.73 Å². The van der Waals surface area contributed by atoms with Gasteiger partial charge in [-0.15, -0.1) is 0 Å². The summed E-state index contributed by atoms with van der Waals surface area (Å²) in [6, 6.07) is 0. The van der Waals surface area contributed by atoms with Crippen molar-refractivity contribution in [1.82, 2.24) is 19.5 Å². The molecule has 2 aromatic heterocycles. The van der Waals surface area contributed by atoms with Crippen molar-refractivity contribution >= 4 is 51.2 Å². The van der Waals surface area contributed by atoms with Crippen molar-refractivity contribution in [1.29, 1.82) is 0 Å². The molecule has 0 saturated carbocycles. The number of anilines is 1. The minimum atomic E-state index is -5.49. The van der Waals surface area contributed by atoms with Gasteiger partial charge in [0.05, 0.1) is 12.9 Å². The average molecular weight is 523 g/mol. The second-order valence-electron chi connectivity index (χ2n) is 6.02. The Kier molecular flexibility index (Phi) is 6.99. The smallest absolute Gasteiger partial charge is 0.387 e. The normalized spacial score (nSPS) is 28.5. The van der Waals surface area contributed by atoms with Gasteiger partial charge in [-0.2, -0.15) is 4.31 Å². The van der Waals surface area contributed by atoms with Gasteiger partial charge in [-0.3, -0.25) is 9.09 Å². The van der Waals surface area contributed by atoms with Gasteiger partial charge in [0.25, 0.3) is 0 Å². The summed E-state index contributed by atoms with van der Waals surface area (Å²) in [5.41, 5.74) is 6.05. The van der Waals surface area contributed by atoms with E-state index in [4.69, 9.17) is 20.3 Å². The molecule has 2 aromatic rings. The van der Waals surface area contributed by atoms with E-state index in [0.717, 1.165) is 6.33 Å². The zero-order chi connectivity index (χ0) is 23.2. The van der Waals surface area contributed by atoms with Crippen molar-refractivity contribution in [3.63, 3.8) is 0 Å². The molecule has 0 spiro atoms. The highest BCUT2D eigenvalue weighted by atomic mass is 32.5. The molecule has 0 radical (unpaired) electrons. The Balaban J connectivity index is 1.69. The highest BCUT2D eigenvalue weighted by Crippen LogP contribution is 2.66. The van der Waals surface area contributed by atoms with E-state index in [0.29, 0.717) is 0 Å². The number of aliphatic hydroxyl groups excluding tert-OH is 2. The predicted molar refractivity (Wildman–Crippen MR) is 102 cm³/mol. The van der Waals surface area contributed by atoms with E-state index in [9.17, 15) is 29.1 Å². The van der Waals surface area contributed by atoms with E-state index in [1.807, 2.05) is 0 Å². The fourth-order valence-electron chi connectivity index (χ4n) is 2.62. The number of phosphoric ester groups is 1. The molecule has 0 aliphatic carbocycles. The molecule has 3 unspecified atom stereocenters. The number of rotatable bonds is 8. The van der Waals surface area contributed by atoms with Crippen LogP contribution in [0.4, 0.5) is 5.82 Å². The Labute approximate surface area is 177 Å². The number of hydrogen-bond acceptors (Lipinski definition) is 13. The average Bonchev–Trinajstić information content (AvgIpc) is 3.13. The highest BCUT2D eigenvalue weighted by molar-refractivity contribution is 8.08. The monoisotopic (exact) mass is 523 g/mol. The second kappa shape index (κ2) is 8.78. The Hall–Kier alpha value is -0.940. The van der Waals surface area contributed by atoms with Crippen LogP contribution in [0.1, 0.15) is 6.23 Å². The van der Waals surface area contributed by atoms with Crippen molar-refractivity contribution in [2.75, 3.05) is 12.3 Å². The third-order valence-corrected chi connectivity index (χ3v) is 8.22. The van der Waals surface area contributed by atoms with Crippen LogP contribution in [0.3, 0.4) is 0 Å². The number of imidazole rings is 1. The Bertz CT molecular complexity index is 1110. The van der Waals surface area contributed by atoms with Gasteiger partial charge in [0, 0.05) is 0 Å². The number of aromatic nitrogens is 4. The van der Waals surface area contributed by atoms with Crippen LogP contribution >= 0.6 is 22.4 Å². The molecule has 0 aromatic carbocycles. The number of fused-ring (bicyclic) bond motifs is 1. The number of ether oxygens (including phenoxy) is 1. The summed E-state index contributed by atoms with van der Waals surface area (Å²) in [7, 11) is -10.8. The Morgan fingerprint density at radius 2 is 1.77 bits per heavy atom. The first kappa shape index (κ1) is 24.7. The first-order valence-electron chi connectivity index (χ1n) is 7.92. The number of hydrogen-bond donors (Lipinski definition) is 7. The van der Waals surface area contributed by atoms with Gasteiger partial charge in [-0.1, -0.05) is 0 Å². The van der Waals surface area contributed by atoms with Crippen LogP contribution in [0, 0.1) is 0 Å². The zero-order valence-electron chi connectivity index (χ0n) is 14.9. The minimum Gasteiger partial charge on any atom is -0.387 e. The van der Waals surface area contributed by atoms with E-state index < -0.39 is 53.5 Å². The summed E-state index contributed by atoms with van der Waals surface area (Å²) in [5, 5.41) is 20.5. The Morgan fingerprint density at radius 1 is 1.10 bits per heavy atom.